The summed E-state index contributed by atoms with van der Waals surface area (Å²) in [4.78, 5) is 0. The molecule has 4 rings (SSSR count). The molecule has 1 aliphatic rings. The minimum Gasteiger partial charge on any atom is -0.480 e. The Morgan fingerprint density at radius 1 is 1.33 bits per heavy atom. The third-order valence-electron chi connectivity index (χ3n) is 4.34. The van der Waals surface area contributed by atoms with Gasteiger partial charge in [0, 0.05) is 35.2 Å². The van der Waals surface area contributed by atoms with Gasteiger partial charge in [0.15, 0.2) is 5.82 Å². The van der Waals surface area contributed by atoms with Crippen LogP contribution in [-0.2, 0) is 13.0 Å². The predicted molar refractivity (Wildman–Crippen MR) is 94.5 cm³/mol. The Balaban J connectivity index is 1.59. The highest BCUT2D eigenvalue weighted by Crippen LogP contribution is 2.30. The monoisotopic (exact) mass is 341 g/mol. The van der Waals surface area contributed by atoms with Crippen molar-refractivity contribution in [1.82, 2.24) is 19.1 Å². The smallest absolute Gasteiger partial charge is 0.230 e. The van der Waals surface area contributed by atoms with E-state index in [1.54, 1.807) is 7.11 Å². The number of hydrogen-bond acceptors (Lipinski definition) is 6. The van der Waals surface area contributed by atoms with Crippen molar-refractivity contribution in [3.63, 3.8) is 0 Å². The van der Waals surface area contributed by atoms with E-state index < -0.39 is 0 Å². The summed E-state index contributed by atoms with van der Waals surface area (Å²) in [5.41, 5.74) is 3.20. The second kappa shape index (κ2) is 6.24. The summed E-state index contributed by atoms with van der Waals surface area (Å²) in [6.45, 7) is 3.11. The highest BCUT2D eigenvalue weighted by Gasteiger charge is 2.19. The largest absolute Gasteiger partial charge is 0.480 e. The maximum absolute atomic E-state index is 5.31. The number of hydrogen-bond donors (Lipinski definition) is 1. The van der Waals surface area contributed by atoms with E-state index in [0.717, 1.165) is 47.8 Å². The minimum atomic E-state index is 0.109. The van der Waals surface area contributed by atoms with Crippen LogP contribution in [0.3, 0.4) is 0 Å². The maximum Gasteiger partial charge on any atom is 0.230 e. The molecule has 3 heterocycles. The zero-order chi connectivity index (χ0) is 16.5. The van der Waals surface area contributed by atoms with Crippen molar-refractivity contribution in [3.8, 4) is 17.3 Å². The number of aromatic nitrogens is 4. The minimum absolute atomic E-state index is 0.109. The van der Waals surface area contributed by atoms with E-state index in [4.69, 9.17) is 4.74 Å². The number of aryl methyl sites for hydroxylation is 1. The molecule has 0 amide bonds. The predicted octanol–water partition coefficient (Wildman–Crippen LogP) is 3.53. The summed E-state index contributed by atoms with van der Waals surface area (Å²) >= 11 is 1.41. The lowest BCUT2D eigenvalue weighted by Gasteiger charge is -2.15. The highest BCUT2D eigenvalue weighted by atomic mass is 32.1. The Bertz CT molecular complexity index is 856. The Labute approximate surface area is 144 Å². The number of anilines is 1. The molecule has 0 spiro atoms. The van der Waals surface area contributed by atoms with Gasteiger partial charge in [0.05, 0.1) is 13.2 Å². The average molecular weight is 341 g/mol. The average Bonchev–Trinajstić information content (AvgIpc) is 3.31. The first-order chi connectivity index (χ1) is 11.8. The van der Waals surface area contributed by atoms with E-state index in [9.17, 15) is 0 Å². The SMILES string of the molecule is COc1nscc1C(C)Nc1cccc(-c2nnc3n2CCC3)c1. The number of methoxy groups -OCH3 is 1. The van der Waals surface area contributed by atoms with Gasteiger partial charge in [0.1, 0.15) is 5.82 Å². The zero-order valence-corrected chi connectivity index (χ0v) is 14.5. The molecule has 1 unspecified atom stereocenters. The van der Waals surface area contributed by atoms with Crippen molar-refractivity contribution in [2.24, 2.45) is 0 Å². The van der Waals surface area contributed by atoms with Crippen molar-refractivity contribution in [2.75, 3.05) is 12.4 Å². The van der Waals surface area contributed by atoms with Crippen LogP contribution >= 0.6 is 11.5 Å². The first-order valence-electron chi connectivity index (χ1n) is 8.03. The first kappa shape index (κ1) is 15.1. The number of fused-ring (bicyclic) bond motifs is 1. The van der Waals surface area contributed by atoms with Crippen LogP contribution in [0.4, 0.5) is 5.69 Å². The zero-order valence-electron chi connectivity index (χ0n) is 13.7. The van der Waals surface area contributed by atoms with Crippen molar-refractivity contribution in [3.05, 3.63) is 41.0 Å². The van der Waals surface area contributed by atoms with Gasteiger partial charge in [0.25, 0.3) is 0 Å². The van der Waals surface area contributed by atoms with Gasteiger partial charge >= 0.3 is 0 Å². The van der Waals surface area contributed by atoms with E-state index in [2.05, 4.69) is 49.6 Å². The van der Waals surface area contributed by atoms with Crippen LogP contribution < -0.4 is 10.1 Å². The fraction of sp³-hybridized carbons (Fsp3) is 0.353. The molecule has 0 saturated heterocycles. The molecular formula is C17H19N5OS. The van der Waals surface area contributed by atoms with Gasteiger partial charge in [-0.2, -0.15) is 4.37 Å². The number of nitrogens with zero attached hydrogens (tertiary/aromatic N) is 4. The van der Waals surface area contributed by atoms with Crippen molar-refractivity contribution >= 4 is 17.2 Å². The molecule has 0 fully saturated rings. The summed E-state index contributed by atoms with van der Waals surface area (Å²) in [6, 6.07) is 8.42. The molecule has 3 aromatic rings. The third kappa shape index (κ3) is 2.65. The Kier molecular flexibility index (Phi) is 3.93. The van der Waals surface area contributed by atoms with E-state index in [1.165, 1.54) is 11.5 Å². The topological polar surface area (TPSA) is 64.9 Å². The molecule has 0 saturated carbocycles. The van der Waals surface area contributed by atoms with E-state index in [0.29, 0.717) is 5.88 Å². The Morgan fingerprint density at radius 3 is 3.12 bits per heavy atom. The molecule has 7 heteroatoms. The lowest BCUT2D eigenvalue weighted by Crippen LogP contribution is -2.07. The summed E-state index contributed by atoms with van der Waals surface area (Å²) in [7, 11) is 1.65. The van der Waals surface area contributed by atoms with Crippen LogP contribution in [0.2, 0.25) is 0 Å². The van der Waals surface area contributed by atoms with Crippen LogP contribution in [0.1, 0.15) is 30.8 Å². The standard InChI is InChI=1S/C17H19N5OS/c1-11(14-10-24-21-17(14)23-2)18-13-6-3-5-12(9-13)16-20-19-15-7-4-8-22(15)16/h3,5-6,9-11,18H,4,7-8H2,1-2H3. The molecule has 0 bridgehead atoms. The van der Waals surface area contributed by atoms with E-state index in [1.807, 2.05) is 11.4 Å². The number of benzene rings is 1. The second-order valence-electron chi connectivity index (χ2n) is 5.92. The van der Waals surface area contributed by atoms with Gasteiger partial charge in [0.2, 0.25) is 5.88 Å². The van der Waals surface area contributed by atoms with Crippen molar-refractivity contribution < 1.29 is 4.74 Å². The lowest BCUT2D eigenvalue weighted by molar-refractivity contribution is 0.396. The van der Waals surface area contributed by atoms with Gasteiger partial charge < -0.3 is 14.6 Å². The van der Waals surface area contributed by atoms with E-state index in [-0.39, 0.29) is 6.04 Å². The molecule has 2 aromatic heterocycles. The van der Waals surface area contributed by atoms with Gasteiger partial charge in [-0.05, 0) is 37.0 Å². The molecule has 0 radical (unpaired) electrons. The maximum atomic E-state index is 5.31. The Hall–Kier alpha value is -2.41. The summed E-state index contributed by atoms with van der Waals surface area (Å²) in [6.07, 6.45) is 2.17. The molecule has 1 atom stereocenters. The summed E-state index contributed by atoms with van der Waals surface area (Å²) in [5, 5.41) is 14.2. The fourth-order valence-electron chi connectivity index (χ4n) is 3.12. The summed E-state index contributed by atoms with van der Waals surface area (Å²) in [5.74, 6) is 2.73. The van der Waals surface area contributed by atoms with Crippen molar-refractivity contribution in [2.45, 2.75) is 32.4 Å². The van der Waals surface area contributed by atoms with Crippen LogP contribution in [0.5, 0.6) is 5.88 Å². The highest BCUT2D eigenvalue weighted by molar-refractivity contribution is 7.03. The van der Waals surface area contributed by atoms with Crippen LogP contribution in [-0.4, -0.2) is 26.2 Å². The second-order valence-corrected chi connectivity index (χ2v) is 6.55. The molecule has 1 aliphatic heterocycles. The van der Waals surface area contributed by atoms with Crippen LogP contribution in [0.15, 0.2) is 29.6 Å². The van der Waals surface area contributed by atoms with Crippen LogP contribution in [0, 0.1) is 0 Å². The number of rotatable bonds is 5. The number of nitrogens with one attached hydrogen (secondary N) is 1. The molecule has 1 N–H and O–H groups in total. The molecule has 24 heavy (non-hydrogen) atoms. The van der Waals surface area contributed by atoms with Gasteiger partial charge in [-0.15, -0.1) is 10.2 Å². The normalized spacial score (nSPS) is 14.4. The summed E-state index contributed by atoms with van der Waals surface area (Å²) < 4.78 is 11.8. The Morgan fingerprint density at radius 2 is 2.25 bits per heavy atom. The van der Waals surface area contributed by atoms with Crippen LogP contribution in [0.25, 0.3) is 11.4 Å². The van der Waals surface area contributed by atoms with E-state index >= 15 is 0 Å². The quantitative estimate of drug-likeness (QED) is 0.769. The number of ether oxygens (including phenoxy) is 1. The molecule has 1 aromatic carbocycles. The molecular weight excluding hydrogens is 322 g/mol. The molecule has 0 aliphatic carbocycles. The van der Waals surface area contributed by atoms with Gasteiger partial charge in [-0.25, -0.2) is 0 Å². The van der Waals surface area contributed by atoms with Gasteiger partial charge in [-0.3, -0.25) is 0 Å². The molecule has 124 valence electrons. The van der Waals surface area contributed by atoms with Gasteiger partial charge in [-0.1, -0.05) is 12.1 Å². The third-order valence-corrected chi connectivity index (χ3v) is 4.97. The fourth-order valence-corrected chi connectivity index (χ4v) is 3.86. The van der Waals surface area contributed by atoms with Crippen molar-refractivity contribution in [1.29, 1.82) is 0 Å². The first-order valence-corrected chi connectivity index (χ1v) is 8.87. The molecule has 6 nitrogen and oxygen atoms in total. The lowest BCUT2D eigenvalue weighted by atomic mass is 10.1.